The number of rotatable bonds is 2. The van der Waals surface area contributed by atoms with Crippen molar-refractivity contribution >= 4 is 15.4 Å². The van der Waals surface area contributed by atoms with Crippen LogP contribution in [-0.4, -0.2) is 19.6 Å². The zero-order valence-electron chi connectivity index (χ0n) is 4.10. The van der Waals surface area contributed by atoms with Crippen molar-refractivity contribution in [3.8, 4) is 0 Å². The summed E-state index contributed by atoms with van der Waals surface area (Å²) in [6.45, 7) is 0.267. The molecule has 0 aromatic heterocycles. The molecule has 0 radical (unpaired) electrons. The van der Waals surface area contributed by atoms with E-state index in [1.165, 1.54) is 0 Å². The lowest BCUT2D eigenvalue weighted by molar-refractivity contribution is -0.132. The van der Waals surface area contributed by atoms with Crippen LogP contribution in [0.3, 0.4) is 0 Å². The van der Waals surface area contributed by atoms with Crippen LogP contribution in [0.4, 0.5) is 0 Å². The Bertz CT molecular complexity index is 66.0. The van der Waals surface area contributed by atoms with Gasteiger partial charge in [0.15, 0.2) is 0 Å². The maximum Gasteiger partial charge on any atom is 0.322 e. The molecule has 3 nitrogen and oxygen atoms in total. The van der Waals surface area contributed by atoms with Gasteiger partial charge in [0.2, 0.25) is 0 Å². The van der Waals surface area contributed by atoms with E-state index in [1.807, 2.05) is 9.47 Å². The number of hydrogen-bond acceptors (Lipinski definition) is 3. The van der Waals surface area contributed by atoms with Crippen LogP contribution < -0.4 is 5.32 Å². The molecule has 4 heteroatoms. The normalized spacial score (nSPS) is 8.29. The molecular formula is C3H8NO2P. The lowest BCUT2D eigenvalue weighted by Crippen LogP contribution is -2.17. The van der Waals surface area contributed by atoms with Crippen LogP contribution in [0.2, 0.25) is 0 Å². The van der Waals surface area contributed by atoms with E-state index < -0.39 is 0 Å². The Hall–Kier alpha value is -0.140. The minimum atomic E-state index is -0.271. The first kappa shape index (κ1) is 6.86. The first-order valence-electron chi connectivity index (χ1n) is 1.85. The molecule has 0 aromatic rings. The third kappa shape index (κ3) is 3.70. The molecule has 0 spiro atoms. The maximum absolute atomic E-state index is 10.1. The van der Waals surface area contributed by atoms with Crippen LogP contribution in [0.1, 0.15) is 0 Å². The molecule has 1 atom stereocenters. The highest BCUT2D eigenvalue weighted by atomic mass is 31.0. The van der Waals surface area contributed by atoms with Gasteiger partial charge in [0.25, 0.3) is 0 Å². The standard InChI is InChI=1S/C3H8NO2P/c1-4-2-3(5)6-7/h4H,2,7H2,1H3. The van der Waals surface area contributed by atoms with Crippen molar-refractivity contribution in [2.75, 3.05) is 13.6 Å². The lowest BCUT2D eigenvalue weighted by Gasteiger charge is -1.92. The molecule has 0 amide bonds. The monoisotopic (exact) mass is 121 g/mol. The van der Waals surface area contributed by atoms with E-state index in [4.69, 9.17) is 0 Å². The van der Waals surface area contributed by atoms with Crippen molar-refractivity contribution in [3.05, 3.63) is 0 Å². The highest BCUT2D eigenvalue weighted by Gasteiger charge is 1.92. The third-order valence-corrected chi connectivity index (χ3v) is 0.715. The summed E-state index contributed by atoms with van der Waals surface area (Å²) >= 11 is 0. The van der Waals surface area contributed by atoms with Crippen LogP contribution in [0.15, 0.2) is 0 Å². The predicted molar refractivity (Wildman–Crippen MR) is 29.7 cm³/mol. The molecule has 0 aromatic carbocycles. The van der Waals surface area contributed by atoms with Crippen LogP contribution in [0.25, 0.3) is 0 Å². The Labute approximate surface area is 44.7 Å². The van der Waals surface area contributed by atoms with Gasteiger partial charge < -0.3 is 9.84 Å². The van der Waals surface area contributed by atoms with E-state index in [9.17, 15) is 4.79 Å². The van der Waals surface area contributed by atoms with E-state index in [1.54, 1.807) is 7.05 Å². The highest BCUT2D eigenvalue weighted by molar-refractivity contribution is 7.10. The van der Waals surface area contributed by atoms with Gasteiger partial charge in [0, 0.05) is 0 Å². The number of likely N-dealkylation sites (N-methyl/N-ethyl adjacent to an activating group) is 1. The topological polar surface area (TPSA) is 38.3 Å². The maximum atomic E-state index is 10.1. The molecule has 0 heterocycles. The summed E-state index contributed by atoms with van der Waals surface area (Å²) in [4.78, 5) is 10.1. The largest absolute Gasteiger partial charge is 0.451 e. The Balaban J connectivity index is 3.00. The quantitative estimate of drug-likeness (QED) is 0.502. The predicted octanol–water partition coefficient (Wildman–Crippen LogP) is -0.461. The summed E-state index contributed by atoms with van der Waals surface area (Å²) in [5, 5.41) is 2.63. The molecule has 0 rings (SSSR count). The van der Waals surface area contributed by atoms with Gasteiger partial charge in [-0.25, -0.2) is 0 Å². The first-order chi connectivity index (χ1) is 3.31. The number of carbonyl (C=O) groups excluding carboxylic acids is 1. The van der Waals surface area contributed by atoms with Gasteiger partial charge in [-0.15, -0.1) is 0 Å². The Morgan fingerprint density at radius 3 is 2.71 bits per heavy atom. The second-order valence-electron chi connectivity index (χ2n) is 1.02. The number of nitrogens with one attached hydrogen (secondary N) is 1. The summed E-state index contributed by atoms with van der Waals surface area (Å²) in [6, 6.07) is 0. The minimum absolute atomic E-state index is 0.267. The first-order valence-corrected chi connectivity index (χ1v) is 2.32. The fourth-order valence-corrected chi connectivity index (χ4v) is 0.269. The molecule has 0 aliphatic heterocycles. The molecule has 0 aliphatic carbocycles. The fourth-order valence-electron chi connectivity index (χ4n) is 0.186. The molecule has 0 saturated carbocycles. The zero-order chi connectivity index (χ0) is 5.70. The van der Waals surface area contributed by atoms with Crippen LogP contribution >= 0.6 is 9.47 Å². The van der Waals surface area contributed by atoms with E-state index >= 15 is 0 Å². The van der Waals surface area contributed by atoms with Gasteiger partial charge in [-0.05, 0) is 7.05 Å². The molecule has 1 unspecified atom stereocenters. The Morgan fingerprint density at radius 1 is 2.00 bits per heavy atom. The zero-order valence-corrected chi connectivity index (χ0v) is 5.26. The van der Waals surface area contributed by atoms with Crippen molar-refractivity contribution in [1.29, 1.82) is 0 Å². The van der Waals surface area contributed by atoms with Crippen molar-refractivity contribution in [2.24, 2.45) is 0 Å². The van der Waals surface area contributed by atoms with Crippen LogP contribution in [0, 0.1) is 0 Å². The van der Waals surface area contributed by atoms with Gasteiger partial charge in [-0.1, -0.05) is 0 Å². The summed E-state index contributed by atoms with van der Waals surface area (Å²) in [6.07, 6.45) is 0. The van der Waals surface area contributed by atoms with Gasteiger partial charge >= 0.3 is 5.97 Å². The van der Waals surface area contributed by atoms with E-state index in [0.717, 1.165) is 0 Å². The summed E-state index contributed by atoms with van der Waals surface area (Å²) < 4.78 is 4.21. The van der Waals surface area contributed by atoms with Gasteiger partial charge in [0.05, 0.1) is 16.0 Å². The molecule has 7 heavy (non-hydrogen) atoms. The van der Waals surface area contributed by atoms with Crippen LogP contribution in [0.5, 0.6) is 0 Å². The highest BCUT2D eigenvalue weighted by Crippen LogP contribution is 1.82. The average molecular weight is 121 g/mol. The third-order valence-electron chi connectivity index (χ3n) is 0.453. The molecular weight excluding hydrogens is 113 g/mol. The Kier molecular flexibility index (Phi) is 3.95. The van der Waals surface area contributed by atoms with Crippen molar-refractivity contribution in [1.82, 2.24) is 5.32 Å². The van der Waals surface area contributed by atoms with Crippen molar-refractivity contribution in [3.63, 3.8) is 0 Å². The summed E-state index contributed by atoms with van der Waals surface area (Å²) in [5.74, 6) is -0.271. The number of hydrogen-bond donors (Lipinski definition) is 1. The van der Waals surface area contributed by atoms with Gasteiger partial charge in [0.1, 0.15) is 0 Å². The van der Waals surface area contributed by atoms with Crippen molar-refractivity contribution in [2.45, 2.75) is 0 Å². The molecule has 0 saturated heterocycles. The number of carbonyl (C=O) groups is 1. The molecule has 42 valence electrons. The second-order valence-corrected chi connectivity index (χ2v) is 1.26. The fraction of sp³-hybridized carbons (Fsp3) is 0.667. The van der Waals surface area contributed by atoms with E-state index in [-0.39, 0.29) is 12.5 Å². The van der Waals surface area contributed by atoms with Gasteiger partial charge in [-0.2, -0.15) is 0 Å². The van der Waals surface area contributed by atoms with Gasteiger partial charge in [-0.3, -0.25) is 4.79 Å². The second kappa shape index (κ2) is 4.03. The molecule has 1 N–H and O–H groups in total. The smallest absolute Gasteiger partial charge is 0.322 e. The molecule has 0 fully saturated rings. The lowest BCUT2D eigenvalue weighted by atomic mass is 10.7. The summed E-state index contributed by atoms with van der Waals surface area (Å²) in [7, 11) is 3.56. The molecule has 0 bridgehead atoms. The molecule has 0 aliphatic rings. The SMILES string of the molecule is CNCC(=O)OP. The van der Waals surface area contributed by atoms with E-state index in [0.29, 0.717) is 0 Å². The Morgan fingerprint density at radius 2 is 2.57 bits per heavy atom. The minimum Gasteiger partial charge on any atom is -0.451 e. The van der Waals surface area contributed by atoms with E-state index in [2.05, 4.69) is 9.84 Å². The van der Waals surface area contributed by atoms with Crippen molar-refractivity contribution < 1.29 is 9.32 Å². The van der Waals surface area contributed by atoms with Crippen LogP contribution in [-0.2, 0) is 9.32 Å². The average Bonchev–Trinajstić information content (AvgIpc) is 1.68. The summed E-state index contributed by atoms with van der Waals surface area (Å²) in [5.41, 5.74) is 0.